The molecule has 0 unspecified atom stereocenters. The first-order valence-electron chi connectivity index (χ1n) is 7.52. The smallest absolute Gasteiger partial charge is 0.0768 e. The highest BCUT2D eigenvalue weighted by molar-refractivity contribution is 6.33. The molecule has 1 saturated heterocycles. The molecular weight excluding hydrogens is 272 g/mol. The minimum atomic E-state index is -0.535. The first-order valence-corrected chi connectivity index (χ1v) is 7.90. The Morgan fingerprint density at radius 2 is 1.70 bits per heavy atom. The Morgan fingerprint density at radius 3 is 2.25 bits per heavy atom. The predicted octanol–water partition coefficient (Wildman–Crippen LogP) is 3.01. The van der Waals surface area contributed by atoms with E-state index in [1.165, 1.54) is 0 Å². The molecule has 0 atom stereocenters. The van der Waals surface area contributed by atoms with Gasteiger partial charge in [0.05, 0.1) is 16.3 Å². The average molecular weight is 297 g/mol. The summed E-state index contributed by atoms with van der Waals surface area (Å²) >= 11 is 6.25. The molecule has 20 heavy (non-hydrogen) atoms. The zero-order valence-electron chi connectivity index (χ0n) is 12.5. The maximum absolute atomic E-state index is 10.4. The molecule has 0 spiro atoms. The maximum Gasteiger partial charge on any atom is 0.0768 e. The number of halogens is 1. The van der Waals surface area contributed by atoms with E-state index in [0.717, 1.165) is 56.3 Å². The number of benzene rings is 1. The molecule has 3 nitrogen and oxygen atoms in total. The molecule has 0 bridgehead atoms. The summed E-state index contributed by atoms with van der Waals surface area (Å²) in [4.78, 5) is 4.69. The van der Waals surface area contributed by atoms with Gasteiger partial charge in [-0.15, -0.1) is 0 Å². The van der Waals surface area contributed by atoms with E-state index < -0.39 is 5.60 Å². The molecule has 1 N–H and O–H groups in total. The topological polar surface area (TPSA) is 26.7 Å². The Balaban J connectivity index is 1.91. The maximum atomic E-state index is 10.4. The fourth-order valence-electron chi connectivity index (χ4n) is 2.74. The Kier molecular flexibility index (Phi) is 5.30. The fraction of sp³-hybridized carbons (Fsp3) is 0.625. The number of hydrogen-bond acceptors (Lipinski definition) is 3. The summed E-state index contributed by atoms with van der Waals surface area (Å²) in [7, 11) is 0. The monoisotopic (exact) mass is 296 g/mol. The van der Waals surface area contributed by atoms with Crippen molar-refractivity contribution in [3.05, 3.63) is 29.3 Å². The Morgan fingerprint density at radius 1 is 1.10 bits per heavy atom. The first kappa shape index (κ1) is 15.6. The van der Waals surface area contributed by atoms with Gasteiger partial charge in [-0.2, -0.15) is 0 Å². The largest absolute Gasteiger partial charge is 0.389 e. The van der Waals surface area contributed by atoms with Gasteiger partial charge in [0.25, 0.3) is 0 Å². The van der Waals surface area contributed by atoms with E-state index in [9.17, 15) is 5.11 Å². The van der Waals surface area contributed by atoms with E-state index in [1.54, 1.807) is 0 Å². The number of nitrogens with zero attached hydrogens (tertiary/aromatic N) is 2. The van der Waals surface area contributed by atoms with Gasteiger partial charge in [0.2, 0.25) is 0 Å². The number of para-hydroxylation sites is 1. The van der Waals surface area contributed by atoms with E-state index in [2.05, 4.69) is 29.7 Å². The number of hydrogen-bond donors (Lipinski definition) is 1. The van der Waals surface area contributed by atoms with Crippen molar-refractivity contribution in [2.24, 2.45) is 0 Å². The van der Waals surface area contributed by atoms with Crippen LogP contribution < -0.4 is 4.90 Å². The molecule has 0 radical (unpaired) electrons. The van der Waals surface area contributed by atoms with Crippen molar-refractivity contribution in [2.45, 2.75) is 32.3 Å². The van der Waals surface area contributed by atoms with Crippen LogP contribution in [-0.2, 0) is 0 Å². The fourth-order valence-corrected chi connectivity index (χ4v) is 3.00. The molecule has 1 aliphatic heterocycles. The van der Waals surface area contributed by atoms with Crippen LogP contribution in [0.3, 0.4) is 0 Å². The van der Waals surface area contributed by atoms with Gasteiger partial charge in [-0.25, -0.2) is 0 Å². The molecule has 0 saturated carbocycles. The zero-order chi connectivity index (χ0) is 14.6. The van der Waals surface area contributed by atoms with E-state index in [-0.39, 0.29) is 0 Å². The van der Waals surface area contributed by atoms with E-state index in [1.807, 2.05) is 18.2 Å². The van der Waals surface area contributed by atoms with E-state index in [4.69, 9.17) is 11.6 Å². The molecule has 0 aromatic heterocycles. The normalized spacial score (nSPS) is 17.5. The number of β-amino-alcohol motifs (C(OH)–C–C–N with tert-alkyl or cyclic N) is 1. The van der Waals surface area contributed by atoms with Gasteiger partial charge in [0.15, 0.2) is 0 Å². The molecule has 2 rings (SSSR count). The van der Waals surface area contributed by atoms with Crippen LogP contribution in [0.25, 0.3) is 0 Å². The summed E-state index contributed by atoms with van der Waals surface area (Å²) in [6, 6.07) is 8.01. The lowest BCUT2D eigenvalue weighted by molar-refractivity contribution is -0.00455. The average Bonchev–Trinajstić information content (AvgIpc) is 2.49. The van der Waals surface area contributed by atoms with Gasteiger partial charge in [0.1, 0.15) is 0 Å². The number of piperazine rings is 1. The summed E-state index contributed by atoms with van der Waals surface area (Å²) in [5, 5.41) is 11.3. The van der Waals surface area contributed by atoms with Crippen LogP contribution in [0.5, 0.6) is 0 Å². The van der Waals surface area contributed by atoms with Crippen molar-refractivity contribution in [1.82, 2.24) is 4.90 Å². The third-order valence-electron chi connectivity index (χ3n) is 4.40. The SMILES string of the molecule is CCC(O)(CC)CN1CCN(c2ccccc2Cl)CC1. The van der Waals surface area contributed by atoms with Gasteiger partial charge >= 0.3 is 0 Å². The molecule has 112 valence electrons. The quantitative estimate of drug-likeness (QED) is 0.905. The summed E-state index contributed by atoms with van der Waals surface area (Å²) in [5.41, 5.74) is 0.585. The van der Waals surface area contributed by atoms with E-state index in [0.29, 0.717) is 0 Å². The van der Waals surface area contributed by atoms with Gasteiger partial charge in [0, 0.05) is 32.7 Å². The molecule has 1 aromatic carbocycles. The lowest BCUT2D eigenvalue weighted by atomic mass is 9.96. The highest BCUT2D eigenvalue weighted by atomic mass is 35.5. The van der Waals surface area contributed by atoms with Crippen molar-refractivity contribution in [2.75, 3.05) is 37.6 Å². The van der Waals surface area contributed by atoms with Crippen LogP contribution in [0.1, 0.15) is 26.7 Å². The van der Waals surface area contributed by atoms with Crippen LogP contribution in [0.2, 0.25) is 5.02 Å². The molecule has 1 fully saturated rings. The Bertz CT molecular complexity index is 426. The van der Waals surface area contributed by atoms with Crippen molar-refractivity contribution < 1.29 is 5.11 Å². The minimum absolute atomic E-state index is 0.535. The number of aliphatic hydroxyl groups is 1. The summed E-state index contributed by atoms with van der Waals surface area (Å²) in [6.45, 7) is 8.78. The molecule has 1 aromatic rings. The second-order valence-corrected chi connectivity index (χ2v) is 6.05. The number of anilines is 1. The third kappa shape index (κ3) is 3.66. The zero-order valence-corrected chi connectivity index (χ0v) is 13.2. The third-order valence-corrected chi connectivity index (χ3v) is 4.72. The second-order valence-electron chi connectivity index (χ2n) is 5.65. The van der Waals surface area contributed by atoms with Crippen molar-refractivity contribution in [1.29, 1.82) is 0 Å². The standard InChI is InChI=1S/C16H25ClN2O/c1-3-16(20,4-2)13-18-9-11-19(12-10-18)15-8-6-5-7-14(15)17/h5-8,20H,3-4,9-13H2,1-2H3. The molecule has 1 heterocycles. The van der Waals surface area contributed by atoms with Gasteiger partial charge in [-0.3, -0.25) is 4.90 Å². The van der Waals surface area contributed by atoms with Gasteiger partial charge in [-0.1, -0.05) is 37.6 Å². The van der Waals surface area contributed by atoms with Crippen molar-refractivity contribution >= 4 is 17.3 Å². The highest BCUT2D eigenvalue weighted by Gasteiger charge is 2.28. The minimum Gasteiger partial charge on any atom is -0.389 e. The highest BCUT2D eigenvalue weighted by Crippen LogP contribution is 2.26. The molecule has 4 heteroatoms. The summed E-state index contributed by atoms with van der Waals surface area (Å²) in [6.07, 6.45) is 1.63. The summed E-state index contributed by atoms with van der Waals surface area (Å²) in [5.74, 6) is 0. The first-order chi connectivity index (χ1) is 9.58. The van der Waals surface area contributed by atoms with Crippen LogP contribution in [0, 0.1) is 0 Å². The van der Waals surface area contributed by atoms with Crippen molar-refractivity contribution in [3.63, 3.8) is 0 Å². The molecule has 0 amide bonds. The van der Waals surface area contributed by atoms with E-state index >= 15 is 0 Å². The van der Waals surface area contributed by atoms with Crippen molar-refractivity contribution in [3.8, 4) is 0 Å². The lowest BCUT2D eigenvalue weighted by Crippen LogP contribution is -2.51. The Hall–Kier alpha value is -0.770. The Labute approximate surface area is 127 Å². The number of rotatable bonds is 5. The molecular formula is C16H25ClN2O. The van der Waals surface area contributed by atoms with Gasteiger partial charge < -0.3 is 10.0 Å². The second kappa shape index (κ2) is 6.79. The molecule has 0 aliphatic carbocycles. The van der Waals surface area contributed by atoms with Crippen LogP contribution in [-0.4, -0.2) is 48.3 Å². The van der Waals surface area contributed by atoms with Crippen LogP contribution in [0.4, 0.5) is 5.69 Å². The van der Waals surface area contributed by atoms with Gasteiger partial charge in [-0.05, 0) is 25.0 Å². The predicted molar refractivity (Wildman–Crippen MR) is 85.6 cm³/mol. The lowest BCUT2D eigenvalue weighted by Gasteiger charge is -2.40. The summed E-state index contributed by atoms with van der Waals surface area (Å²) < 4.78 is 0. The molecule has 1 aliphatic rings. The van der Waals surface area contributed by atoms with Crippen LogP contribution >= 0.6 is 11.6 Å². The van der Waals surface area contributed by atoms with Crippen LogP contribution in [0.15, 0.2) is 24.3 Å².